The number of carbonyl (C=O) groups is 1. The molecule has 8 heteroatoms. The fourth-order valence-corrected chi connectivity index (χ4v) is 5.46. The molecule has 0 aliphatic carbocycles. The highest BCUT2D eigenvalue weighted by Crippen LogP contribution is 2.35. The number of fused-ring (bicyclic) bond motifs is 1. The number of para-hydroxylation sites is 3. The summed E-state index contributed by atoms with van der Waals surface area (Å²) in [6.07, 6.45) is 1.51. The Bertz CT molecular complexity index is 1250. The average Bonchev–Trinajstić information content (AvgIpc) is 2.83. The van der Waals surface area contributed by atoms with Gasteiger partial charge in [0.25, 0.3) is 10.0 Å². The molecule has 0 fully saturated rings. The standard InChI is InChI=1S/C24H23NO6S/c1-29-20-11-5-6-12-21(20)31-24(26)18-13-14-22(30-2)23(16-18)32(27,28)25-15-7-9-17-8-3-4-10-19(17)25/h3-6,8,10-14,16H,7,9,15H2,1-2H3. The lowest BCUT2D eigenvalue weighted by atomic mass is 10.0. The number of hydrogen-bond donors (Lipinski definition) is 0. The van der Waals surface area contributed by atoms with Crippen molar-refractivity contribution < 1.29 is 27.4 Å². The van der Waals surface area contributed by atoms with E-state index in [2.05, 4.69) is 0 Å². The van der Waals surface area contributed by atoms with Gasteiger partial charge in [-0.25, -0.2) is 13.2 Å². The van der Waals surface area contributed by atoms with Crippen LogP contribution in [0.2, 0.25) is 0 Å². The maximum atomic E-state index is 13.6. The first-order valence-electron chi connectivity index (χ1n) is 10.1. The second kappa shape index (κ2) is 8.92. The molecule has 0 radical (unpaired) electrons. The van der Waals surface area contributed by atoms with Gasteiger partial charge in [-0.2, -0.15) is 0 Å². The number of ether oxygens (including phenoxy) is 3. The summed E-state index contributed by atoms with van der Waals surface area (Å²) in [6, 6.07) is 18.4. The molecule has 0 spiro atoms. The van der Waals surface area contributed by atoms with Gasteiger partial charge in [-0.1, -0.05) is 30.3 Å². The van der Waals surface area contributed by atoms with E-state index in [1.165, 1.54) is 36.7 Å². The molecule has 0 saturated heterocycles. The number of sulfonamides is 1. The number of nitrogens with zero attached hydrogens (tertiary/aromatic N) is 1. The van der Waals surface area contributed by atoms with Crippen molar-refractivity contribution >= 4 is 21.7 Å². The highest BCUT2D eigenvalue weighted by molar-refractivity contribution is 7.93. The molecule has 3 aromatic rings. The molecule has 32 heavy (non-hydrogen) atoms. The molecule has 166 valence electrons. The second-order valence-electron chi connectivity index (χ2n) is 7.22. The van der Waals surface area contributed by atoms with Crippen LogP contribution in [0.25, 0.3) is 0 Å². The number of esters is 1. The smallest absolute Gasteiger partial charge is 0.343 e. The van der Waals surface area contributed by atoms with Gasteiger partial charge in [0, 0.05) is 6.54 Å². The number of methoxy groups -OCH3 is 2. The number of rotatable bonds is 6. The number of anilines is 1. The van der Waals surface area contributed by atoms with Gasteiger partial charge in [-0.3, -0.25) is 4.31 Å². The van der Waals surface area contributed by atoms with E-state index in [1.54, 1.807) is 30.3 Å². The van der Waals surface area contributed by atoms with Crippen molar-refractivity contribution in [2.75, 3.05) is 25.1 Å². The Hall–Kier alpha value is -3.52. The van der Waals surface area contributed by atoms with Gasteiger partial charge < -0.3 is 14.2 Å². The molecule has 1 aliphatic heterocycles. The number of aryl methyl sites for hydroxylation is 1. The SMILES string of the molecule is COc1ccccc1OC(=O)c1ccc(OC)c(S(=O)(=O)N2CCCc3ccccc32)c1. The van der Waals surface area contributed by atoms with Gasteiger partial charge in [0.05, 0.1) is 25.5 Å². The summed E-state index contributed by atoms with van der Waals surface area (Å²) in [7, 11) is -1.12. The molecule has 1 heterocycles. The predicted molar refractivity (Wildman–Crippen MR) is 120 cm³/mol. The van der Waals surface area contributed by atoms with E-state index in [1.807, 2.05) is 18.2 Å². The lowest BCUT2D eigenvalue weighted by Crippen LogP contribution is -2.35. The van der Waals surface area contributed by atoms with E-state index in [0.717, 1.165) is 12.0 Å². The molecule has 0 unspecified atom stereocenters. The fourth-order valence-electron chi connectivity index (χ4n) is 3.73. The van der Waals surface area contributed by atoms with Crippen molar-refractivity contribution in [3.05, 3.63) is 77.9 Å². The van der Waals surface area contributed by atoms with Crippen LogP contribution in [0.15, 0.2) is 71.6 Å². The number of carbonyl (C=O) groups excluding carboxylic acids is 1. The highest BCUT2D eigenvalue weighted by atomic mass is 32.2. The third-order valence-corrected chi connectivity index (χ3v) is 7.14. The van der Waals surface area contributed by atoms with Gasteiger partial charge in [-0.15, -0.1) is 0 Å². The Kier molecular flexibility index (Phi) is 6.05. The van der Waals surface area contributed by atoms with Crippen LogP contribution in [0.1, 0.15) is 22.3 Å². The summed E-state index contributed by atoms with van der Waals surface area (Å²) in [5, 5.41) is 0. The van der Waals surface area contributed by atoms with E-state index in [-0.39, 0.29) is 22.0 Å². The molecule has 0 amide bonds. The Morgan fingerprint density at radius 1 is 0.875 bits per heavy atom. The van der Waals surface area contributed by atoms with Crippen molar-refractivity contribution in [3.63, 3.8) is 0 Å². The highest BCUT2D eigenvalue weighted by Gasteiger charge is 2.32. The summed E-state index contributed by atoms with van der Waals surface area (Å²) in [6.45, 7) is 0.346. The summed E-state index contributed by atoms with van der Waals surface area (Å²) < 4.78 is 44.6. The Morgan fingerprint density at radius 3 is 2.31 bits per heavy atom. The van der Waals surface area contributed by atoms with Crippen LogP contribution in [0.4, 0.5) is 5.69 Å². The lowest BCUT2D eigenvalue weighted by Gasteiger charge is -2.30. The van der Waals surface area contributed by atoms with Crippen LogP contribution in [-0.2, 0) is 16.4 Å². The van der Waals surface area contributed by atoms with Crippen LogP contribution in [0.3, 0.4) is 0 Å². The third kappa shape index (κ3) is 4.01. The monoisotopic (exact) mass is 453 g/mol. The van der Waals surface area contributed by atoms with Crippen molar-refractivity contribution in [1.29, 1.82) is 0 Å². The van der Waals surface area contributed by atoms with E-state index in [9.17, 15) is 13.2 Å². The molecular weight excluding hydrogens is 430 g/mol. The van der Waals surface area contributed by atoms with Crippen LogP contribution in [-0.4, -0.2) is 35.2 Å². The minimum absolute atomic E-state index is 0.0839. The van der Waals surface area contributed by atoms with Gasteiger partial charge in [0.2, 0.25) is 0 Å². The maximum Gasteiger partial charge on any atom is 0.343 e. The van der Waals surface area contributed by atoms with Crippen LogP contribution < -0.4 is 18.5 Å². The van der Waals surface area contributed by atoms with E-state index in [0.29, 0.717) is 24.4 Å². The van der Waals surface area contributed by atoms with Crippen molar-refractivity contribution in [2.24, 2.45) is 0 Å². The van der Waals surface area contributed by atoms with Gasteiger partial charge in [0.15, 0.2) is 11.5 Å². The Balaban J connectivity index is 1.72. The predicted octanol–water partition coefficient (Wildman–Crippen LogP) is 4.06. The van der Waals surface area contributed by atoms with Crippen molar-refractivity contribution in [3.8, 4) is 17.2 Å². The van der Waals surface area contributed by atoms with Gasteiger partial charge in [0.1, 0.15) is 10.6 Å². The molecule has 0 N–H and O–H groups in total. The zero-order valence-corrected chi connectivity index (χ0v) is 18.6. The van der Waals surface area contributed by atoms with Crippen molar-refractivity contribution in [1.82, 2.24) is 0 Å². The molecule has 0 atom stereocenters. The Morgan fingerprint density at radius 2 is 1.56 bits per heavy atom. The summed E-state index contributed by atoms with van der Waals surface area (Å²) >= 11 is 0. The lowest BCUT2D eigenvalue weighted by molar-refractivity contribution is 0.0729. The summed E-state index contributed by atoms with van der Waals surface area (Å²) in [5.41, 5.74) is 1.69. The zero-order chi connectivity index (χ0) is 22.7. The molecular formula is C24H23NO6S. The largest absolute Gasteiger partial charge is 0.495 e. The summed E-state index contributed by atoms with van der Waals surface area (Å²) in [4.78, 5) is 12.7. The molecule has 1 aliphatic rings. The molecule has 0 bridgehead atoms. The van der Waals surface area contributed by atoms with Crippen LogP contribution >= 0.6 is 0 Å². The number of hydrogen-bond acceptors (Lipinski definition) is 6. The van der Waals surface area contributed by atoms with Crippen LogP contribution in [0, 0.1) is 0 Å². The maximum absolute atomic E-state index is 13.6. The van der Waals surface area contributed by atoms with E-state index >= 15 is 0 Å². The first-order chi connectivity index (χ1) is 15.5. The van der Waals surface area contributed by atoms with Crippen LogP contribution in [0.5, 0.6) is 17.2 Å². The minimum Gasteiger partial charge on any atom is -0.495 e. The number of benzene rings is 3. The molecule has 0 aromatic heterocycles. The zero-order valence-electron chi connectivity index (χ0n) is 17.8. The first kappa shape index (κ1) is 21.7. The third-order valence-electron chi connectivity index (χ3n) is 5.31. The second-order valence-corrected chi connectivity index (χ2v) is 9.05. The molecule has 4 rings (SSSR count). The first-order valence-corrected chi connectivity index (χ1v) is 11.5. The minimum atomic E-state index is -3.98. The van der Waals surface area contributed by atoms with Crippen molar-refractivity contribution in [2.45, 2.75) is 17.7 Å². The van der Waals surface area contributed by atoms with E-state index < -0.39 is 16.0 Å². The summed E-state index contributed by atoms with van der Waals surface area (Å²) in [5.74, 6) is 0.0897. The normalized spacial score (nSPS) is 13.2. The Labute approximate surface area is 187 Å². The van der Waals surface area contributed by atoms with E-state index in [4.69, 9.17) is 14.2 Å². The van der Waals surface area contributed by atoms with Gasteiger partial charge >= 0.3 is 5.97 Å². The molecule has 3 aromatic carbocycles. The fraction of sp³-hybridized carbons (Fsp3) is 0.208. The topological polar surface area (TPSA) is 82.1 Å². The van der Waals surface area contributed by atoms with Gasteiger partial charge in [-0.05, 0) is 54.8 Å². The molecule has 7 nitrogen and oxygen atoms in total. The quantitative estimate of drug-likeness (QED) is 0.413. The average molecular weight is 454 g/mol. The molecule has 0 saturated carbocycles.